The molecule has 0 aromatic heterocycles. The van der Waals surface area contributed by atoms with Crippen molar-refractivity contribution in [3.63, 3.8) is 0 Å². The molecule has 0 heterocycles. The van der Waals surface area contributed by atoms with Crippen LogP contribution < -0.4 is 0 Å². The number of benzene rings is 1. The van der Waals surface area contributed by atoms with Gasteiger partial charge in [0.2, 0.25) is 0 Å². The molecule has 2 nitrogen and oxygen atoms in total. The van der Waals surface area contributed by atoms with Gasteiger partial charge in [-0.2, -0.15) is 0 Å². The summed E-state index contributed by atoms with van der Waals surface area (Å²) in [6.07, 6.45) is 0.944. The number of carboxylic acids is 1. The lowest BCUT2D eigenvalue weighted by Crippen LogP contribution is -1.95. The lowest BCUT2D eigenvalue weighted by molar-refractivity contribution is 0.0697. The summed E-state index contributed by atoms with van der Waals surface area (Å²) in [5, 5.41) is 8.55. The molecule has 66 valence electrons. The zero-order valence-electron chi connectivity index (χ0n) is 6.78. The van der Waals surface area contributed by atoms with Gasteiger partial charge in [-0.1, -0.05) is 19.1 Å². The molecule has 0 aliphatic rings. The van der Waals surface area contributed by atoms with Gasteiger partial charge in [-0.3, -0.25) is 0 Å². The third-order valence-electron chi connectivity index (χ3n) is 1.61. The molecule has 0 saturated heterocycles. The summed E-state index contributed by atoms with van der Waals surface area (Å²) >= 11 is 0. The topological polar surface area (TPSA) is 37.3 Å². The molecule has 1 aromatic carbocycles. The molecule has 3 heteroatoms. The quantitative estimate of drug-likeness (QED) is 0.770. The van der Waals surface area contributed by atoms with Crippen LogP contribution in [0.4, 0.5) is 0 Å². The Morgan fingerprint density at radius 2 is 1.83 bits per heavy atom. The van der Waals surface area contributed by atoms with Gasteiger partial charge in [-0.15, -0.1) is 12.4 Å². The van der Waals surface area contributed by atoms with Gasteiger partial charge in [-0.05, 0) is 24.1 Å². The Labute approximate surface area is 77.6 Å². The molecule has 0 fully saturated rings. The molecule has 0 spiro atoms. The van der Waals surface area contributed by atoms with E-state index in [2.05, 4.69) is 0 Å². The van der Waals surface area contributed by atoms with Crippen LogP contribution in [-0.4, -0.2) is 11.1 Å². The fourth-order valence-corrected chi connectivity index (χ4v) is 0.883. The van der Waals surface area contributed by atoms with Crippen molar-refractivity contribution in [2.24, 2.45) is 0 Å². The van der Waals surface area contributed by atoms with Crippen LogP contribution in [0.2, 0.25) is 0 Å². The largest absolute Gasteiger partial charge is 0.478 e. The Morgan fingerprint density at radius 1 is 1.33 bits per heavy atom. The Balaban J connectivity index is 0.00000121. The molecule has 12 heavy (non-hydrogen) atoms. The van der Waals surface area contributed by atoms with E-state index in [0.29, 0.717) is 5.56 Å². The highest BCUT2D eigenvalue weighted by Gasteiger charge is 1.99. The number of rotatable bonds is 2. The van der Waals surface area contributed by atoms with E-state index in [1.165, 1.54) is 0 Å². The van der Waals surface area contributed by atoms with Gasteiger partial charge in [0.05, 0.1) is 5.56 Å². The van der Waals surface area contributed by atoms with Gasteiger partial charge in [0.1, 0.15) is 0 Å². The molecule has 1 aromatic rings. The van der Waals surface area contributed by atoms with Gasteiger partial charge in [0.25, 0.3) is 0 Å². The van der Waals surface area contributed by atoms with E-state index in [9.17, 15) is 4.79 Å². The number of carbonyl (C=O) groups is 1. The van der Waals surface area contributed by atoms with Crippen molar-refractivity contribution >= 4 is 18.4 Å². The minimum atomic E-state index is -0.868. The van der Waals surface area contributed by atoms with Crippen molar-refractivity contribution in [2.75, 3.05) is 0 Å². The summed E-state index contributed by atoms with van der Waals surface area (Å²) in [6.45, 7) is 2.04. The maximum atomic E-state index is 10.4. The van der Waals surface area contributed by atoms with Crippen molar-refractivity contribution in [3.8, 4) is 0 Å². The summed E-state index contributed by atoms with van der Waals surface area (Å²) in [6, 6.07) is 6.93. The highest BCUT2D eigenvalue weighted by atomic mass is 35.5. The predicted octanol–water partition coefficient (Wildman–Crippen LogP) is 2.37. The average Bonchev–Trinajstić information content (AvgIpc) is 2.05. The third kappa shape index (κ3) is 2.55. The molecule has 0 aliphatic heterocycles. The third-order valence-corrected chi connectivity index (χ3v) is 1.61. The molecular weight excluding hydrogens is 176 g/mol. The van der Waals surface area contributed by atoms with Crippen LogP contribution in [0.25, 0.3) is 0 Å². The van der Waals surface area contributed by atoms with Crippen molar-refractivity contribution in [3.05, 3.63) is 35.4 Å². The van der Waals surface area contributed by atoms with Crippen LogP contribution in [0.1, 0.15) is 22.8 Å². The zero-order chi connectivity index (χ0) is 8.27. The van der Waals surface area contributed by atoms with Crippen LogP contribution in [0.3, 0.4) is 0 Å². The van der Waals surface area contributed by atoms with Crippen LogP contribution in [0.15, 0.2) is 24.3 Å². The van der Waals surface area contributed by atoms with E-state index in [-0.39, 0.29) is 12.4 Å². The first-order chi connectivity index (χ1) is 5.24. The second kappa shape index (κ2) is 4.78. The molecule has 1 rings (SSSR count). The Hall–Kier alpha value is -1.02. The molecule has 0 bridgehead atoms. The van der Waals surface area contributed by atoms with Crippen molar-refractivity contribution in [1.82, 2.24) is 0 Å². The van der Waals surface area contributed by atoms with E-state index in [1.807, 2.05) is 19.1 Å². The second-order valence-electron chi connectivity index (χ2n) is 2.36. The molecule has 1 N–H and O–H groups in total. The van der Waals surface area contributed by atoms with Crippen LogP contribution in [0.5, 0.6) is 0 Å². The monoisotopic (exact) mass is 186 g/mol. The zero-order valence-corrected chi connectivity index (χ0v) is 7.60. The molecule has 0 aliphatic carbocycles. The fraction of sp³-hybridized carbons (Fsp3) is 0.222. The number of aryl methyl sites for hydroxylation is 1. The lowest BCUT2D eigenvalue weighted by Gasteiger charge is -1.96. The maximum absolute atomic E-state index is 10.4. The van der Waals surface area contributed by atoms with E-state index in [0.717, 1.165) is 12.0 Å². The summed E-state index contributed by atoms with van der Waals surface area (Å²) in [4.78, 5) is 10.4. The first-order valence-electron chi connectivity index (χ1n) is 3.56. The Bertz CT molecular complexity index is 254. The molecule has 0 saturated carbocycles. The van der Waals surface area contributed by atoms with Crippen molar-refractivity contribution in [1.29, 1.82) is 0 Å². The number of hydrogen-bond acceptors (Lipinski definition) is 1. The second-order valence-corrected chi connectivity index (χ2v) is 2.36. The van der Waals surface area contributed by atoms with Crippen LogP contribution in [0, 0.1) is 0 Å². The average molecular weight is 187 g/mol. The van der Waals surface area contributed by atoms with Gasteiger partial charge < -0.3 is 5.11 Å². The Morgan fingerprint density at radius 3 is 2.17 bits per heavy atom. The summed E-state index contributed by atoms with van der Waals surface area (Å²) in [5.41, 5.74) is 1.51. The number of carboxylic acid groups (broad SMARTS) is 1. The van der Waals surface area contributed by atoms with Crippen molar-refractivity contribution < 1.29 is 9.90 Å². The SMILES string of the molecule is CCc1ccc(C(=O)O)cc1.Cl. The molecular formula is C9H11ClO2. The van der Waals surface area contributed by atoms with Crippen LogP contribution in [-0.2, 0) is 6.42 Å². The standard InChI is InChI=1S/C9H10O2.ClH/c1-2-7-3-5-8(6-4-7)9(10)11;/h3-6H,2H2,1H3,(H,10,11);1H. The highest BCUT2D eigenvalue weighted by Crippen LogP contribution is 2.04. The van der Waals surface area contributed by atoms with Gasteiger partial charge >= 0.3 is 5.97 Å². The number of halogens is 1. The Kier molecular flexibility index (Phi) is 4.37. The van der Waals surface area contributed by atoms with E-state index in [1.54, 1.807) is 12.1 Å². The summed E-state index contributed by atoms with van der Waals surface area (Å²) in [5.74, 6) is -0.868. The van der Waals surface area contributed by atoms with Crippen LogP contribution >= 0.6 is 12.4 Å². The first kappa shape index (κ1) is 11.0. The highest BCUT2D eigenvalue weighted by molar-refractivity contribution is 5.87. The fourth-order valence-electron chi connectivity index (χ4n) is 0.883. The van der Waals surface area contributed by atoms with Gasteiger partial charge in [0, 0.05) is 0 Å². The summed E-state index contributed by atoms with van der Waals surface area (Å²) in [7, 11) is 0. The maximum Gasteiger partial charge on any atom is 0.335 e. The van der Waals surface area contributed by atoms with E-state index >= 15 is 0 Å². The number of hydrogen-bond donors (Lipinski definition) is 1. The van der Waals surface area contributed by atoms with E-state index < -0.39 is 5.97 Å². The number of aromatic carboxylic acids is 1. The molecule has 0 unspecified atom stereocenters. The first-order valence-corrected chi connectivity index (χ1v) is 3.56. The van der Waals surface area contributed by atoms with Gasteiger partial charge in [-0.25, -0.2) is 4.79 Å². The minimum absolute atomic E-state index is 0. The minimum Gasteiger partial charge on any atom is -0.478 e. The smallest absolute Gasteiger partial charge is 0.335 e. The molecule has 0 amide bonds. The molecule has 0 atom stereocenters. The van der Waals surface area contributed by atoms with E-state index in [4.69, 9.17) is 5.11 Å². The van der Waals surface area contributed by atoms with Gasteiger partial charge in [0.15, 0.2) is 0 Å². The normalized spacial score (nSPS) is 8.75. The predicted molar refractivity (Wildman–Crippen MR) is 50.0 cm³/mol. The van der Waals surface area contributed by atoms with Crippen molar-refractivity contribution in [2.45, 2.75) is 13.3 Å². The molecule has 0 radical (unpaired) electrons. The summed E-state index contributed by atoms with van der Waals surface area (Å²) < 4.78 is 0. The lowest BCUT2D eigenvalue weighted by atomic mass is 10.1.